The fourth-order valence-electron chi connectivity index (χ4n) is 2.81. The average molecular weight is 264 g/mol. The van der Waals surface area contributed by atoms with Crippen LogP contribution in [-0.4, -0.2) is 46.0 Å². The number of carbonyl (C=O) groups excluding carboxylic acids is 1. The summed E-state index contributed by atoms with van der Waals surface area (Å²) >= 11 is 0. The lowest BCUT2D eigenvalue weighted by atomic mass is 9.79. The van der Waals surface area contributed by atoms with Gasteiger partial charge in [0.25, 0.3) is 0 Å². The van der Waals surface area contributed by atoms with Gasteiger partial charge in [-0.25, -0.2) is 4.79 Å². The first-order valence-electron chi connectivity index (χ1n) is 6.78. The average Bonchev–Trinajstić information content (AvgIpc) is 2.66. The number of morpholine rings is 1. The molecule has 1 spiro atoms. The largest absolute Gasteiger partial charge is 0.371 e. The maximum Gasteiger partial charge on any atom is 0.322 e. The van der Waals surface area contributed by atoms with E-state index in [4.69, 9.17) is 4.74 Å². The number of rotatable bonds is 1. The Morgan fingerprint density at radius 3 is 2.89 bits per heavy atom. The van der Waals surface area contributed by atoms with E-state index < -0.39 is 0 Å². The van der Waals surface area contributed by atoms with E-state index in [0.29, 0.717) is 19.7 Å². The van der Waals surface area contributed by atoms with Gasteiger partial charge >= 0.3 is 6.03 Å². The Morgan fingerprint density at radius 2 is 2.32 bits per heavy atom. The lowest BCUT2D eigenvalue weighted by Crippen LogP contribution is -2.57. The molecule has 1 aliphatic heterocycles. The van der Waals surface area contributed by atoms with Crippen molar-refractivity contribution >= 4 is 11.7 Å². The van der Waals surface area contributed by atoms with Gasteiger partial charge in [0.1, 0.15) is 0 Å². The number of urea groups is 1. The van der Waals surface area contributed by atoms with Crippen LogP contribution in [0.5, 0.6) is 0 Å². The molecular formula is C13H20N4O2. The summed E-state index contributed by atoms with van der Waals surface area (Å²) in [5.74, 6) is 0. The van der Waals surface area contributed by atoms with Crippen molar-refractivity contribution in [1.82, 2.24) is 14.7 Å². The van der Waals surface area contributed by atoms with Crippen LogP contribution in [0.15, 0.2) is 6.20 Å². The van der Waals surface area contributed by atoms with Crippen LogP contribution < -0.4 is 5.32 Å². The molecule has 0 radical (unpaired) electrons. The van der Waals surface area contributed by atoms with E-state index in [1.54, 1.807) is 4.68 Å². The van der Waals surface area contributed by atoms with Crippen LogP contribution in [0.1, 0.15) is 25.0 Å². The zero-order valence-electron chi connectivity index (χ0n) is 11.5. The van der Waals surface area contributed by atoms with Gasteiger partial charge < -0.3 is 15.0 Å². The number of nitrogens with one attached hydrogen (secondary N) is 1. The molecule has 1 aromatic rings. The molecule has 1 aromatic heterocycles. The van der Waals surface area contributed by atoms with Crippen molar-refractivity contribution in [1.29, 1.82) is 0 Å². The van der Waals surface area contributed by atoms with E-state index in [1.165, 1.54) is 6.42 Å². The predicted octanol–water partition coefficient (Wildman–Crippen LogP) is 1.52. The third-order valence-electron chi connectivity index (χ3n) is 4.06. The smallest absolute Gasteiger partial charge is 0.322 e. The molecule has 104 valence electrons. The molecule has 2 amide bonds. The van der Waals surface area contributed by atoms with Crippen LogP contribution in [0.4, 0.5) is 10.5 Å². The molecule has 1 N–H and O–H groups in total. The molecule has 2 fully saturated rings. The first-order valence-corrected chi connectivity index (χ1v) is 6.78. The Kier molecular flexibility index (Phi) is 2.97. The normalized spacial score (nSPS) is 21.3. The van der Waals surface area contributed by atoms with Crippen molar-refractivity contribution in [3.05, 3.63) is 11.9 Å². The summed E-state index contributed by atoms with van der Waals surface area (Å²) < 4.78 is 7.53. The van der Waals surface area contributed by atoms with Crippen LogP contribution in [0, 0.1) is 6.92 Å². The van der Waals surface area contributed by atoms with Crippen molar-refractivity contribution in [3.8, 4) is 0 Å². The molecule has 0 aromatic carbocycles. The van der Waals surface area contributed by atoms with Crippen LogP contribution in [0.25, 0.3) is 0 Å². The van der Waals surface area contributed by atoms with Gasteiger partial charge in [-0.15, -0.1) is 0 Å². The second-order valence-corrected chi connectivity index (χ2v) is 5.54. The van der Waals surface area contributed by atoms with E-state index >= 15 is 0 Å². The van der Waals surface area contributed by atoms with Gasteiger partial charge in [-0.1, -0.05) is 0 Å². The number of hydrogen-bond donors (Lipinski definition) is 1. The summed E-state index contributed by atoms with van der Waals surface area (Å²) in [4.78, 5) is 14.1. The zero-order chi connectivity index (χ0) is 13.5. The molecule has 2 aliphatic rings. The Bertz CT molecular complexity index is 493. The van der Waals surface area contributed by atoms with Crippen molar-refractivity contribution in [3.63, 3.8) is 0 Å². The Balaban J connectivity index is 1.65. The minimum absolute atomic E-state index is 0.0503. The van der Waals surface area contributed by atoms with Crippen LogP contribution in [0.3, 0.4) is 0 Å². The van der Waals surface area contributed by atoms with Crippen LogP contribution in [0.2, 0.25) is 0 Å². The number of anilines is 1. The molecule has 1 aliphatic carbocycles. The van der Waals surface area contributed by atoms with Gasteiger partial charge in [0.15, 0.2) is 0 Å². The van der Waals surface area contributed by atoms with Gasteiger partial charge in [0.05, 0.1) is 30.1 Å². The molecule has 6 heteroatoms. The number of aryl methyl sites for hydroxylation is 2. The third kappa shape index (κ3) is 2.32. The number of nitrogens with zero attached hydrogens (tertiary/aromatic N) is 3. The first kappa shape index (κ1) is 12.5. The molecular weight excluding hydrogens is 244 g/mol. The van der Waals surface area contributed by atoms with Gasteiger partial charge in [-0.2, -0.15) is 5.10 Å². The third-order valence-corrected chi connectivity index (χ3v) is 4.06. The maximum absolute atomic E-state index is 12.3. The van der Waals surface area contributed by atoms with Crippen molar-refractivity contribution in [2.75, 3.05) is 25.0 Å². The Morgan fingerprint density at radius 1 is 1.53 bits per heavy atom. The highest BCUT2D eigenvalue weighted by Gasteiger charge is 2.43. The van der Waals surface area contributed by atoms with Gasteiger partial charge in [-0.05, 0) is 26.2 Å². The number of aromatic nitrogens is 2. The molecule has 1 saturated heterocycles. The van der Waals surface area contributed by atoms with Crippen LogP contribution >= 0.6 is 0 Å². The molecule has 0 atom stereocenters. The van der Waals surface area contributed by atoms with Crippen molar-refractivity contribution in [2.45, 2.75) is 31.8 Å². The maximum atomic E-state index is 12.3. The molecule has 2 heterocycles. The topological polar surface area (TPSA) is 59.4 Å². The number of hydrogen-bond acceptors (Lipinski definition) is 3. The summed E-state index contributed by atoms with van der Waals surface area (Å²) in [6.07, 6.45) is 5.18. The number of amides is 2. The Hall–Kier alpha value is -1.56. The monoisotopic (exact) mass is 264 g/mol. The second-order valence-electron chi connectivity index (χ2n) is 5.54. The Labute approximate surface area is 112 Å². The van der Waals surface area contributed by atoms with E-state index in [9.17, 15) is 4.79 Å². The van der Waals surface area contributed by atoms with Crippen LogP contribution in [-0.2, 0) is 11.8 Å². The lowest BCUT2D eigenvalue weighted by Gasteiger charge is -2.48. The molecule has 0 bridgehead atoms. The summed E-state index contributed by atoms with van der Waals surface area (Å²) in [7, 11) is 1.85. The molecule has 1 saturated carbocycles. The minimum Gasteiger partial charge on any atom is -0.371 e. The van der Waals surface area contributed by atoms with Gasteiger partial charge in [-0.3, -0.25) is 4.68 Å². The fourth-order valence-corrected chi connectivity index (χ4v) is 2.81. The van der Waals surface area contributed by atoms with Crippen molar-refractivity contribution < 1.29 is 9.53 Å². The highest BCUT2D eigenvalue weighted by Crippen LogP contribution is 2.38. The fraction of sp³-hybridized carbons (Fsp3) is 0.692. The lowest BCUT2D eigenvalue weighted by molar-refractivity contribution is -0.140. The van der Waals surface area contributed by atoms with Gasteiger partial charge in [0, 0.05) is 19.8 Å². The standard InChI is InChI=1S/C13H20N4O2/c1-10-11(8-16(2)15-10)14-12(18)17-6-7-19-13(9-17)4-3-5-13/h8H,3-7,9H2,1-2H3,(H,14,18). The highest BCUT2D eigenvalue weighted by molar-refractivity contribution is 5.89. The van der Waals surface area contributed by atoms with E-state index in [-0.39, 0.29) is 11.6 Å². The highest BCUT2D eigenvalue weighted by atomic mass is 16.5. The molecule has 6 nitrogen and oxygen atoms in total. The second kappa shape index (κ2) is 4.52. The van der Waals surface area contributed by atoms with Gasteiger partial charge in [0.2, 0.25) is 0 Å². The SMILES string of the molecule is Cc1nn(C)cc1NC(=O)N1CCOC2(CCC2)C1. The zero-order valence-corrected chi connectivity index (χ0v) is 11.5. The first-order chi connectivity index (χ1) is 9.08. The van der Waals surface area contributed by atoms with E-state index in [0.717, 1.165) is 24.2 Å². The van der Waals surface area contributed by atoms with E-state index in [2.05, 4.69) is 10.4 Å². The van der Waals surface area contributed by atoms with E-state index in [1.807, 2.05) is 25.1 Å². The molecule has 0 unspecified atom stereocenters. The summed E-state index contributed by atoms with van der Waals surface area (Å²) in [6, 6.07) is -0.0503. The summed E-state index contributed by atoms with van der Waals surface area (Å²) in [6.45, 7) is 3.90. The molecule has 3 rings (SSSR count). The summed E-state index contributed by atoms with van der Waals surface area (Å²) in [5, 5.41) is 7.16. The number of carbonyl (C=O) groups is 1. The number of ether oxygens (including phenoxy) is 1. The molecule has 19 heavy (non-hydrogen) atoms. The quantitative estimate of drug-likeness (QED) is 0.836. The van der Waals surface area contributed by atoms with Crippen molar-refractivity contribution in [2.24, 2.45) is 7.05 Å². The predicted molar refractivity (Wildman–Crippen MR) is 71.1 cm³/mol. The minimum atomic E-state index is -0.0560. The summed E-state index contributed by atoms with van der Waals surface area (Å²) in [5.41, 5.74) is 1.56.